The molecule has 3 fully saturated rings. The van der Waals surface area contributed by atoms with Gasteiger partial charge in [-0.3, -0.25) is 14.5 Å². The number of carbonyl (C=O) groups excluding carboxylic acids is 2. The summed E-state index contributed by atoms with van der Waals surface area (Å²) in [6, 6.07) is 17.4. The summed E-state index contributed by atoms with van der Waals surface area (Å²) in [5.74, 6) is -4.96. The van der Waals surface area contributed by atoms with Crippen LogP contribution < -0.4 is 4.74 Å². The van der Waals surface area contributed by atoms with Crippen LogP contribution in [0.3, 0.4) is 0 Å². The summed E-state index contributed by atoms with van der Waals surface area (Å²) in [6.45, 7) is 1.95. The molecular formula is C31H36F2N4O3. The van der Waals surface area contributed by atoms with Crippen LogP contribution in [0.5, 0.6) is 5.75 Å². The summed E-state index contributed by atoms with van der Waals surface area (Å²) in [4.78, 5) is 32.9. The number of hydrogen-bond donors (Lipinski definition) is 0. The number of amides is 2. The Hall–Kier alpha value is -3.46. The van der Waals surface area contributed by atoms with E-state index in [1.807, 2.05) is 53.1 Å². The number of rotatable bonds is 5. The second kappa shape index (κ2) is 10.8. The lowest BCUT2D eigenvalue weighted by atomic mass is 9.91. The number of methoxy groups -OCH3 is 1. The van der Waals surface area contributed by atoms with E-state index in [9.17, 15) is 9.59 Å². The van der Waals surface area contributed by atoms with Gasteiger partial charge < -0.3 is 19.1 Å². The van der Waals surface area contributed by atoms with Gasteiger partial charge in [-0.25, -0.2) is 8.78 Å². The maximum Gasteiger partial charge on any atom is 0.270 e. The van der Waals surface area contributed by atoms with E-state index in [0.717, 1.165) is 29.7 Å². The van der Waals surface area contributed by atoms with Crippen molar-refractivity contribution < 1.29 is 23.1 Å². The summed E-state index contributed by atoms with van der Waals surface area (Å²) in [7, 11) is 1.58. The molecule has 9 heteroatoms. The zero-order valence-corrected chi connectivity index (χ0v) is 22.9. The maximum atomic E-state index is 15.2. The van der Waals surface area contributed by atoms with Gasteiger partial charge in [0.2, 0.25) is 5.91 Å². The molecule has 1 unspecified atom stereocenters. The second-order valence-electron chi connectivity index (χ2n) is 11.2. The van der Waals surface area contributed by atoms with Crippen molar-refractivity contribution in [3.8, 4) is 11.4 Å². The highest BCUT2D eigenvalue weighted by atomic mass is 19.3. The molecule has 2 saturated heterocycles. The molecule has 1 saturated carbocycles. The van der Waals surface area contributed by atoms with Crippen LogP contribution in [0.15, 0.2) is 54.6 Å². The minimum atomic E-state index is -3.16. The largest absolute Gasteiger partial charge is 0.497 e. The van der Waals surface area contributed by atoms with Crippen LogP contribution in [-0.2, 0) is 4.79 Å². The van der Waals surface area contributed by atoms with Gasteiger partial charge in [-0.05, 0) is 37.1 Å². The molecule has 1 atom stereocenters. The number of carbonyl (C=O) groups is 2. The van der Waals surface area contributed by atoms with E-state index < -0.39 is 24.2 Å². The Kier molecular flexibility index (Phi) is 7.25. The average Bonchev–Trinajstić information content (AvgIpc) is 3.65. The van der Waals surface area contributed by atoms with Gasteiger partial charge in [-0.1, -0.05) is 37.1 Å². The van der Waals surface area contributed by atoms with E-state index >= 15 is 8.78 Å². The molecule has 3 heterocycles. The third kappa shape index (κ3) is 4.96. The number of ether oxygens (including phenoxy) is 1. The first-order valence-corrected chi connectivity index (χ1v) is 14.3. The first-order chi connectivity index (χ1) is 19.4. The highest BCUT2D eigenvalue weighted by Gasteiger charge is 2.51. The average molecular weight is 551 g/mol. The molecule has 2 aromatic carbocycles. The molecule has 3 aliphatic rings. The molecule has 2 aliphatic heterocycles. The number of halogens is 2. The SMILES string of the molecule is COc1cccc(-n2c(C(=O)N3CCC(F)(F)C(C(=O)N4CCN(C5CCCC5)CC4)C3)cc3ccccc32)c1. The van der Waals surface area contributed by atoms with E-state index in [-0.39, 0.29) is 19.0 Å². The number of alkyl halides is 2. The van der Waals surface area contributed by atoms with E-state index in [0.29, 0.717) is 30.6 Å². The molecule has 2 amide bonds. The van der Waals surface area contributed by atoms with E-state index in [4.69, 9.17) is 4.74 Å². The van der Waals surface area contributed by atoms with Crippen LogP contribution >= 0.6 is 0 Å². The zero-order valence-electron chi connectivity index (χ0n) is 22.9. The molecule has 0 radical (unpaired) electrons. The normalized spacial score (nSPS) is 22.1. The highest BCUT2D eigenvalue weighted by molar-refractivity contribution is 6.00. The van der Waals surface area contributed by atoms with Gasteiger partial charge in [-0.2, -0.15) is 0 Å². The van der Waals surface area contributed by atoms with Crippen molar-refractivity contribution in [2.24, 2.45) is 5.92 Å². The van der Waals surface area contributed by atoms with Crippen LogP contribution in [0, 0.1) is 5.92 Å². The van der Waals surface area contributed by atoms with Gasteiger partial charge in [0.25, 0.3) is 11.8 Å². The van der Waals surface area contributed by atoms with E-state index in [1.165, 1.54) is 30.6 Å². The Labute approximate surface area is 233 Å². The molecule has 0 N–H and O–H groups in total. The summed E-state index contributed by atoms with van der Waals surface area (Å²) < 4.78 is 37.7. The Balaban J connectivity index is 1.24. The quantitative estimate of drug-likeness (QED) is 0.457. The number of likely N-dealkylation sites (tertiary alicyclic amines) is 1. The standard InChI is InChI=1S/C31H36F2N4O3/c1-40-25-11-6-10-24(20-25)37-27-12-5-2-7-22(27)19-28(37)30(39)36-14-13-31(32,33)26(21-36)29(38)35-17-15-34(16-18-35)23-8-3-4-9-23/h2,5-7,10-12,19-20,23,26H,3-4,8-9,13-18,21H2,1H3. The van der Waals surface area contributed by atoms with Crippen LogP contribution in [-0.4, -0.2) is 89.4 Å². The lowest BCUT2D eigenvalue weighted by Crippen LogP contribution is -2.59. The number of para-hydroxylation sites is 1. The van der Waals surface area contributed by atoms with Gasteiger partial charge in [0.1, 0.15) is 17.4 Å². The van der Waals surface area contributed by atoms with Crippen molar-refractivity contribution in [3.63, 3.8) is 0 Å². The number of piperazine rings is 1. The fourth-order valence-corrected chi connectivity index (χ4v) is 6.65. The van der Waals surface area contributed by atoms with Crippen molar-refractivity contribution in [1.82, 2.24) is 19.3 Å². The third-order valence-corrected chi connectivity index (χ3v) is 8.92. The van der Waals surface area contributed by atoms with Crippen molar-refractivity contribution in [2.45, 2.75) is 44.1 Å². The highest BCUT2D eigenvalue weighted by Crippen LogP contribution is 2.37. The number of hydrogen-bond acceptors (Lipinski definition) is 4. The van der Waals surface area contributed by atoms with E-state index in [1.54, 1.807) is 18.1 Å². The number of piperidine rings is 1. The van der Waals surface area contributed by atoms with E-state index in [2.05, 4.69) is 4.90 Å². The second-order valence-corrected chi connectivity index (χ2v) is 11.2. The van der Waals surface area contributed by atoms with Crippen molar-refractivity contribution >= 4 is 22.7 Å². The topological polar surface area (TPSA) is 58.0 Å². The molecule has 7 nitrogen and oxygen atoms in total. The molecule has 40 heavy (non-hydrogen) atoms. The van der Waals surface area contributed by atoms with Gasteiger partial charge in [0.15, 0.2) is 0 Å². The maximum absolute atomic E-state index is 15.2. The lowest BCUT2D eigenvalue weighted by molar-refractivity contribution is -0.160. The van der Waals surface area contributed by atoms with Crippen LogP contribution in [0.1, 0.15) is 42.6 Å². The fourth-order valence-electron chi connectivity index (χ4n) is 6.65. The molecule has 0 bridgehead atoms. The molecule has 3 aromatic rings. The number of aromatic nitrogens is 1. The van der Waals surface area contributed by atoms with Crippen LogP contribution in [0.2, 0.25) is 0 Å². The minimum Gasteiger partial charge on any atom is -0.497 e. The first kappa shape index (κ1) is 26.7. The van der Waals surface area contributed by atoms with Gasteiger partial charge in [0.05, 0.1) is 18.3 Å². The zero-order chi connectivity index (χ0) is 27.9. The predicted octanol–water partition coefficient (Wildman–Crippen LogP) is 4.82. The Bertz CT molecular complexity index is 1390. The molecule has 1 aromatic heterocycles. The van der Waals surface area contributed by atoms with Crippen molar-refractivity contribution in [3.05, 3.63) is 60.3 Å². The molecule has 0 spiro atoms. The van der Waals surface area contributed by atoms with Crippen LogP contribution in [0.25, 0.3) is 16.6 Å². The smallest absolute Gasteiger partial charge is 0.270 e. The molecule has 212 valence electrons. The molecule has 6 rings (SSSR count). The summed E-state index contributed by atoms with van der Waals surface area (Å²) in [5, 5.41) is 0.865. The summed E-state index contributed by atoms with van der Waals surface area (Å²) in [5.41, 5.74) is 1.93. The van der Waals surface area contributed by atoms with Gasteiger partial charge in [0, 0.05) is 63.2 Å². The molecule has 1 aliphatic carbocycles. The van der Waals surface area contributed by atoms with Crippen LogP contribution in [0.4, 0.5) is 8.78 Å². The van der Waals surface area contributed by atoms with Gasteiger partial charge in [-0.15, -0.1) is 0 Å². The number of nitrogens with zero attached hydrogens (tertiary/aromatic N) is 4. The Morgan fingerprint density at radius 2 is 1.65 bits per heavy atom. The Morgan fingerprint density at radius 3 is 2.40 bits per heavy atom. The van der Waals surface area contributed by atoms with Gasteiger partial charge >= 0.3 is 0 Å². The lowest BCUT2D eigenvalue weighted by Gasteiger charge is -2.43. The molecular weight excluding hydrogens is 514 g/mol. The van der Waals surface area contributed by atoms with Crippen molar-refractivity contribution in [2.75, 3.05) is 46.4 Å². The number of benzene rings is 2. The monoisotopic (exact) mass is 550 g/mol. The summed E-state index contributed by atoms with van der Waals surface area (Å²) >= 11 is 0. The van der Waals surface area contributed by atoms with Crippen molar-refractivity contribution in [1.29, 1.82) is 0 Å². The first-order valence-electron chi connectivity index (χ1n) is 14.3. The number of fused-ring (bicyclic) bond motifs is 1. The Morgan fingerprint density at radius 1 is 0.900 bits per heavy atom. The minimum absolute atomic E-state index is 0.106. The summed E-state index contributed by atoms with van der Waals surface area (Å²) in [6.07, 6.45) is 4.30. The predicted molar refractivity (Wildman–Crippen MR) is 149 cm³/mol. The fraction of sp³-hybridized carbons (Fsp3) is 0.484. The third-order valence-electron chi connectivity index (χ3n) is 8.92.